The zero-order valence-corrected chi connectivity index (χ0v) is 6.67. The van der Waals surface area contributed by atoms with E-state index in [1.54, 1.807) is 12.1 Å². The second-order valence-electron chi connectivity index (χ2n) is 1.92. The predicted molar refractivity (Wildman–Crippen MR) is 43.8 cm³/mol. The van der Waals surface area contributed by atoms with Crippen molar-refractivity contribution >= 4 is 17.6 Å². The van der Waals surface area contributed by atoms with Crippen molar-refractivity contribution in [2.75, 3.05) is 0 Å². The van der Waals surface area contributed by atoms with Crippen molar-refractivity contribution in [1.29, 1.82) is 0 Å². The number of nitrogens with zero attached hydrogens (tertiary/aromatic N) is 1. The first kappa shape index (κ1) is 8.57. The van der Waals surface area contributed by atoms with Crippen LogP contribution in [0.15, 0.2) is 18.3 Å². The van der Waals surface area contributed by atoms with Crippen LogP contribution < -0.4 is 0 Å². The van der Waals surface area contributed by atoms with Gasteiger partial charge in [0.2, 0.25) is 0 Å². The van der Waals surface area contributed by atoms with Crippen LogP contribution in [-0.2, 0) is 4.79 Å². The van der Waals surface area contributed by atoms with Gasteiger partial charge in [0.25, 0.3) is 0 Å². The number of carboxylic acid groups (broad SMARTS) is 1. The van der Waals surface area contributed by atoms with E-state index in [1.807, 2.05) is 5.92 Å². The SMILES string of the molecule is O=C(O)C#Cc1ccc(Cl)cn1. The van der Waals surface area contributed by atoms with Gasteiger partial charge in [0.15, 0.2) is 0 Å². The lowest BCUT2D eigenvalue weighted by Gasteiger charge is -1.87. The zero-order valence-electron chi connectivity index (χ0n) is 5.91. The van der Waals surface area contributed by atoms with E-state index in [2.05, 4.69) is 10.9 Å². The van der Waals surface area contributed by atoms with E-state index in [0.717, 1.165) is 0 Å². The lowest BCUT2D eigenvalue weighted by molar-refractivity contribution is -0.130. The number of hydrogen-bond donors (Lipinski definition) is 1. The number of aliphatic carboxylic acids is 1. The van der Waals surface area contributed by atoms with Gasteiger partial charge < -0.3 is 5.11 Å². The van der Waals surface area contributed by atoms with Crippen LogP contribution in [0.25, 0.3) is 0 Å². The highest BCUT2D eigenvalue weighted by Gasteiger charge is 1.89. The average Bonchev–Trinajstić information content (AvgIpc) is 2.03. The van der Waals surface area contributed by atoms with Crippen molar-refractivity contribution in [3.8, 4) is 11.8 Å². The van der Waals surface area contributed by atoms with Crippen LogP contribution in [0.1, 0.15) is 5.69 Å². The minimum absolute atomic E-state index is 0.391. The Balaban J connectivity index is 2.86. The van der Waals surface area contributed by atoms with E-state index in [9.17, 15) is 4.79 Å². The Morgan fingerprint density at radius 1 is 1.58 bits per heavy atom. The van der Waals surface area contributed by atoms with Crippen LogP contribution in [0, 0.1) is 11.8 Å². The van der Waals surface area contributed by atoms with Gasteiger partial charge in [-0.25, -0.2) is 9.78 Å². The van der Waals surface area contributed by atoms with Gasteiger partial charge in [0.1, 0.15) is 5.69 Å². The van der Waals surface area contributed by atoms with E-state index >= 15 is 0 Å². The first-order valence-corrected chi connectivity index (χ1v) is 3.43. The lowest BCUT2D eigenvalue weighted by Crippen LogP contribution is -1.88. The van der Waals surface area contributed by atoms with Gasteiger partial charge >= 0.3 is 5.97 Å². The number of hydrogen-bond acceptors (Lipinski definition) is 2. The van der Waals surface area contributed by atoms with Gasteiger partial charge in [-0.1, -0.05) is 11.6 Å². The normalized spacial score (nSPS) is 8.42. The molecule has 1 aromatic rings. The van der Waals surface area contributed by atoms with Crippen molar-refractivity contribution in [2.45, 2.75) is 0 Å². The minimum atomic E-state index is -1.17. The third-order valence-electron chi connectivity index (χ3n) is 1.02. The topological polar surface area (TPSA) is 50.2 Å². The Bertz CT molecular complexity index is 348. The van der Waals surface area contributed by atoms with Crippen LogP contribution >= 0.6 is 11.6 Å². The summed E-state index contributed by atoms with van der Waals surface area (Å²) >= 11 is 5.55. The molecule has 0 atom stereocenters. The summed E-state index contributed by atoms with van der Waals surface area (Å²) in [6.07, 6.45) is 1.41. The molecular formula is C8H4ClNO2. The van der Waals surface area contributed by atoms with Crippen molar-refractivity contribution in [2.24, 2.45) is 0 Å². The fourth-order valence-electron chi connectivity index (χ4n) is 0.567. The summed E-state index contributed by atoms with van der Waals surface area (Å²) in [6, 6.07) is 3.15. The summed E-state index contributed by atoms with van der Waals surface area (Å²) in [6.45, 7) is 0. The molecule has 60 valence electrons. The number of halogens is 1. The quantitative estimate of drug-likeness (QED) is 0.612. The summed E-state index contributed by atoms with van der Waals surface area (Å²) in [5.41, 5.74) is 0.391. The van der Waals surface area contributed by atoms with E-state index in [1.165, 1.54) is 6.20 Å². The predicted octanol–water partition coefficient (Wildman–Crippen LogP) is 1.17. The molecule has 0 saturated carbocycles. The molecule has 0 aromatic carbocycles. The summed E-state index contributed by atoms with van der Waals surface area (Å²) in [5, 5.41) is 8.70. The standard InChI is InChI=1S/C8H4ClNO2/c9-6-1-2-7(10-5-6)3-4-8(11)12/h1-2,5H,(H,11,12). The molecule has 4 heteroatoms. The van der Waals surface area contributed by atoms with Crippen LogP contribution in [0.4, 0.5) is 0 Å². The molecule has 0 amide bonds. The molecule has 0 radical (unpaired) electrons. The number of pyridine rings is 1. The van der Waals surface area contributed by atoms with E-state index in [4.69, 9.17) is 16.7 Å². The molecule has 0 aliphatic carbocycles. The first-order valence-electron chi connectivity index (χ1n) is 3.05. The molecule has 0 aliphatic heterocycles. The smallest absolute Gasteiger partial charge is 0.382 e. The van der Waals surface area contributed by atoms with Crippen molar-refractivity contribution in [3.05, 3.63) is 29.0 Å². The molecule has 1 aromatic heterocycles. The summed E-state index contributed by atoms with van der Waals surface area (Å²) in [5.74, 6) is 3.12. The lowest BCUT2D eigenvalue weighted by atomic mass is 10.3. The number of carbonyl (C=O) groups is 1. The number of rotatable bonds is 0. The Hall–Kier alpha value is -1.53. The molecule has 0 unspecified atom stereocenters. The Kier molecular flexibility index (Phi) is 2.67. The molecule has 3 nitrogen and oxygen atoms in total. The van der Waals surface area contributed by atoms with Crippen LogP contribution in [0.5, 0.6) is 0 Å². The van der Waals surface area contributed by atoms with Gasteiger partial charge in [0, 0.05) is 12.1 Å². The largest absolute Gasteiger partial charge is 0.472 e. The van der Waals surface area contributed by atoms with Crippen molar-refractivity contribution < 1.29 is 9.90 Å². The van der Waals surface area contributed by atoms with Gasteiger partial charge in [-0.05, 0) is 18.1 Å². The number of aromatic nitrogens is 1. The molecule has 1 N–H and O–H groups in total. The number of carboxylic acids is 1. The molecule has 0 aliphatic rings. The zero-order chi connectivity index (χ0) is 8.97. The van der Waals surface area contributed by atoms with Crippen LogP contribution in [0.2, 0.25) is 5.02 Å². The second kappa shape index (κ2) is 3.74. The molecule has 0 spiro atoms. The maximum Gasteiger partial charge on any atom is 0.382 e. The fraction of sp³-hybridized carbons (Fsp3) is 0. The molecule has 0 fully saturated rings. The fourth-order valence-corrected chi connectivity index (χ4v) is 0.679. The maximum absolute atomic E-state index is 10.0. The Morgan fingerprint density at radius 2 is 2.33 bits per heavy atom. The average molecular weight is 182 g/mol. The minimum Gasteiger partial charge on any atom is -0.472 e. The monoisotopic (exact) mass is 181 g/mol. The van der Waals surface area contributed by atoms with E-state index in [-0.39, 0.29) is 0 Å². The third-order valence-corrected chi connectivity index (χ3v) is 1.25. The molecular weight excluding hydrogens is 178 g/mol. The van der Waals surface area contributed by atoms with E-state index < -0.39 is 5.97 Å². The highest BCUT2D eigenvalue weighted by molar-refractivity contribution is 6.30. The summed E-state index contributed by atoms with van der Waals surface area (Å²) < 4.78 is 0. The summed E-state index contributed by atoms with van der Waals surface area (Å²) in [4.78, 5) is 13.8. The van der Waals surface area contributed by atoms with Crippen molar-refractivity contribution in [1.82, 2.24) is 4.98 Å². The highest BCUT2D eigenvalue weighted by Crippen LogP contribution is 2.04. The molecule has 0 saturated heterocycles. The molecule has 1 rings (SSSR count). The van der Waals surface area contributed by atoms with E-state index in [0.29, 0.717) is 10.7 Å². The third kappa shape index (κ3) is 2.60. The summed E-state index contributed by atoms with van der Waals surface area (Å²) in [7, 11) is 0. The van der Waals surface area contributed by atoms with Crippen LogP contribution in [0.3, 0.4) is 0 Å². The molecule has 1 heterocycles. The van der Waals surface area contributed by atoms with Gasteiger partial charge in [-0.2, -0.15) is 0 Å². The molecule has 0 bridgehead atoms. The highest BCUT2D eigenvalue weighted by atomic mass is 35.5. The maximum atomic E-state index is 10.0. The Morgan fingerprint density at radius 3 is 2.83 bits per heavy atom. The molecule has 12 heavy (non-hydrogen) atoms. The van der Waals surface area contributed by atoms with Gasteiger partial charge in [0.05, 0.1) is 5.02 Å². The van der Waals surface area contributed by atoms with Crippen molar-refractivity contribution in [3.63, 3.8) is 0 Å². The second-order valence-corrected chi connectivity index (χ2v) is 2.35. The Labute approximate surface area is 74.0 Å². The van der Waals surface area contributed by atoms with Gasteiger partial charge in [-0.3, -0.25) is 0 Å². The van der Waals surface area contributed by atoms with Crippen LogP contribution in [-0.4, -0.2) is 16.1 Å². The first-order chi connectivity index (χ1) is 5.68. The van der Waals surface area contributed by atoms with Gasteiger partial charge in [-0.15, -0.1) is 0 Å².